The zero-order valence-electron chi connectivity index (χ0n) is 9.28. The topological polar surface area (TPSA) is 24.5 Å². The van der Waals surface area contributed by atoms with Crippen molar-refractivity contribution in [3.05, 3.63) is 29.3 Å². The van der Waals surface area contributed by atoms with Crippen LogP contribution >= 0.6 is 0 Å². The average Bonchev–Trinajstić information content (AvgIpc) is 3.03. The molecule has 0 spiro atoms. The standard InChI is InChI=1S/C13H16N2O/c1-2-11(3-10-6-14-5-9(1)10)15-7-13-4-12(15)8-16-13/h1-3,12-14H,4-8H2/t12-,13?/m0/s1. The Labute approximate surface area is 95.4 Å². The number of benzene rings is 1. The molecule has 2 atom stereocenters. The van der Waals surface area contributed by atoms with Gasteiger partial charge < -0.3 is 15.0 Å². The van der Waals surface area contributed by atoms with Crippen molar-refractivity contribution in [2.45, 2.75) is 31.7 Å². The number of fused-ring (bicyclic) bond motifs is 3. The summed E-state index contributed by atoms with van der Waals surface area (Å²) in [7, 11) is 0. The van der Waals surface area contributed by atoms with E-state index in [2.05, 4.69) is 28.4 Å². The van der Waals surface area contributed by atoms with Crippen molar-refractivity contribution in [3.63, 3.8) is 0 Å². The van der Waals surface area contributed by atoms with Crippen molar-refractivity contribution in [1.29, 1.82) is 0 Å². The molecule has 3 heteroatoms. The molecule has 0 radical (unpaired) electrons. The molecule has 2 bridgehead atoms. The van der Waals surface area contributed by atoms with Gasteiger partial charge in [0.2, 0.25) is 0 Å². The molecule has 1 unspecified atom stereocenters. The van der Waals surface area contributed by atoms with Gasteiger partial charge in [0.05, 0.1) is 18.8 Å². The van der Waals surface area contributed by atoms with Crippen molar-refractivity contribution < 1.29 is 4.74 Å². The number of morpholine rings is 1. The molecular formula is C13H16N2O. The van der Waals surface area contributed by atoms with E-state index in [1.807, 2.05) is 0 Å². The van der Waals surface area contributed by atoms with Gasteiger partial charge in [-0.3, -0.25) is 0 Å². The largest absolute Gasteiger partial charge is 0.374 e. The number of hydrogen-bond donors (Lipinski definition) is 1. The Bertz CT molecular complexity index is 432. The minimum absolute atomic E-state index is 0.483. The molecule has 3 nitrogen and oxygen atoms in total. The highest BCUT2D eigenvalue weighted by molar-refractivity contribution is 5.54. The first-order valence-corrected chi connectivity index (χ1v) is 6.11. The molecule has 0 saturated carbocycles. The Kier molecular flexibility index (Phi) is 1.81. The van der Waals surface area contributed by atoms with Gasteiger partial charge in [-0.1, -0.05) is 6.07 Å². The van der Waals surface area contributed by atoms with Crippen LogP contribution in [0.5, 0.6) is 0 Å². The van der Waals surface area contributed by atoms with Crippen LogP contribution in [0.15, 0.2) is 18.2 Å². The summed E-state index contributed by atoms with van der Waals surface area (Å²) < 4.78 is 5.64. The van der Waals surface area contributed by atoms with Gasteiger partial charge in [-0.25, -0.2) is 0 Å². The first kappa shape index (κ1) is 9.02. The van der Waals surface area contributed by atoms with Crippen LogP contribution in [0.25, 0.3) is 0 Å². The summed E-state index contributed by atoms with van der Waals surface area (Å²) in [6, 6.07) is 7.53. The van der Waals surface area contributed by atoms with Crippen molar-refractivity contribution in [2.24, 2.45) is 0 Å². The quantitative estimate of drug-likeness (QED) is 0.765. The smallest absolute Gasteiger partial charge is 0.0771 e. The van der Waals surface area contributed by atoms with E-state index in [1.54, 1.807) is 0 Å². The third-order valence-corrected chi connectivity index (χ3v) is 4.05. The predicted molar refractivity (Wildman–Crippen MR) is 62.5 cm³/mol. The minimum atomic E-state index is 0.483. The van der Waals surface area contributed by atoms with Gasteiger partial charge in [0, 0.05) is 25.3 Å². The van der Waals surface area contributed by atoms with Gasteiger partial charge in [0.15, 0.2) is 0 Å². The fourth-order valence-corrected chi connectivity index (χ4v) is 3.18. The zero-order valence-corrected chi connectivity index (χ0v) is 9.28. The molecule has 1 aromatic rings. The fourth-order valence-electron chi connectivity index (χ4n) is 3.18. The molecule has 0 aromatic heterocycles. The van der Waals surface area contributed by atoms with Gasteiger partial charge in [-0.2, -0.15) is 0 Å². The van der Waals surface area contributed by atoms with Gasteiger partial charge in [-0.05, 0) is 29.7 Å². The van der Waals surface area contributed by atoms with Crippen LogP contribution in [0.4, 0.5) is 5.69 Å². The summed E-state index contributed by atoms with van der Waals surface area (Å²) in [5, 5.41) is 3.40. The maximum Gasteiger partial charge on any atom is 0.0771 e. The first-order chi connectivity index (χ1) is 7.90. The second-order valence-corrected chi connectivity index (χ2v) is 5.05. The molecule has 1 aromatic carbocycles. The third kappa shape index (κ3) is 1.22. The van der Waals surface area contributed by atoms with Crippen LogP contribution in [0.1, 0.15) is 17.5 Å². The molecule has 3 aliphatic rings. The Hall–Kier alpha value is -1.06. The number of nitrogens with one attached hydrogen (secondary N) is 1. The van der Waals surface area contributed by atoms with Crippen molar-refractivity contribution in [1.82, 2.24) is 5.32 Å². The van der Waals surface area contributed by atoms with Crippen LogP contribution < -0.4 is 10.2 Å². The lowest BCUT2D eigenvalue weighted by Crippen LogP contribution is -2.36. The van der Waals surface area contributed by atoms with E-state index < -0.39 is 0 Å². The lowest BCUT2D eigenvalue weighted by molar-refractivity contribution is 0.0991. The summed E-state index contributed by atoms with van der Waals surface area (Å²) in [6.07, 6.45) is 1.70. The van der Waals surface area contributed by atoms with Crippen LogP contribution in [0.3, 0.4) is 0 Å². The number of nitrogens with zero attached hydrogens (tertiary/aromatic N) is 1. The summed E-state index contributed by atoms with van der Waals surface area (Å²) in [6.45, 7) is 4.06. The maximum absolute atomic E-state index is 5.64. The lowest BCUT2D eigenvalue weighted by Gasteiger charge is -2.29. The molecule has 1 N–H and O–H groups in total. The van der Waals surface area contributed by atoms with Crippen molar-refractivity contribution in [3.8, 4) is 0 Å². The van der Waals surface area contributed by atoms with Gasteiger partial charge in [0.25, 0.3) is 0 Å². The highest BCUT2D eigenvalue weighted by Crippen LogP contribution is 2.33. The third-order valence-electron chi connectivity index (χ3n) is 4.05. The monoisotopic (exact) mass is 216 g/mol. The van der Waals surface area contributed by atoms with Crippen molar-refractivity contribution >= 4 is 5.69 Å². The SMILES string of the molecule is c1cc2c(cc1N1CC3C[C@H]1CO3)CNC2. The minimum Gasteiger partial charge on any atom is -0.374 e. The van der Waals surface area contributed by atoms with Gasteiger partial charge in [0.1, 0.15) is 0 Å². The molecule has 2 saturated heterocycles. The molecule has 84 valence electrons. The molecule has 4 rings (SSSR count). The predicted octanol–water partition coefficient (Wildman–Crippen LogP) is 1.27. The Morgan fingerprint density at radius 3 is 3.00 bits per heavy atom. The Morgan fingerprint density at radius 2 is 2.19 bits per heavy atom. The normalized spacial score (nSPS) is 31.1. The Morgan fingerprint density at radius 1 is 1.25 bits per heavy atom. The second kappa shape index (κ2) is 3.22. The van der Waals surface area contributed by atoms with Crippen LogP contribution in [-0.4, -0.2) is 25.3 Å². The number of ether oxygens (including phenoxy) is 1. The summed E-state index contributed by atoms with van der Waals surface area (Å²) in [5.74, 6) is 0. The van der Waals surface area contributed by atoms with Crippen LogP contribution in [-0.2, 0) is 17.8 Å². The molecule has 0 amide bonds. The first-order valence-electron chi connectivity index (χ1n) is 6.11. The van der Waals surface area contributed by atoms with Gasteiger partial charge in [-0.15, -0.1) is 0 Å². The Balaban J connectivity index is 1.68. The maximum atomic E-state index is 5.64. The van der Waals surface area contributed by atoms with E-state index in [9.17, 15) is 0 Å². The molecule has 2 fully saturated rings. The van der Waals surface area contributed by atoms with E-state index in [-0.39, 0.29) is 0 Å². The van der Waals surface area contributed by atoms with Crippen molar-refractivity contribution in [2.75, 3.05) is 18.1 Å². The van der Waals surface area contributed by atoms with E-state index in [4.69, 9.17) is 4.74 Å². The number of anilines is 1. The average molecular weight is 216 g/mol. The summed E-state index contributed by atoms with van der Waals surface area (Å²) in [5.41, 5.74) is 4.32. The summed E-state index contributed by atoms with van der Waals surface area (Å²) >= 11 is 0. The number of rotatable bonds is 1. The molecule has 3 aliphatic heterocycles. The zero-order chi connectivity index (χ0) is 10.5. The highest BCUT2D eigenvalue weighted by Gasteiger charge is 2.39. The number of hydrogen-bond acceptors (Lipinski definition) is 3. The second-order valence-electron chi connectivity index (χ2n) is 5.05. The van der Waals surface area contributed by atoms with Gasteiger partial charge >= 0.3 is 0 Å². The summed E-state index contributed by atoms with van der Waals surface area (Å²) in [4.78, 5) is 2.52. The highest BCUT2D eigenvalue weighted by atomic mass is 16.5. The van der Waals surface area contributed by atoms with E-state index >= 15 is 0 Å². The molecule has 3 heterocycles. The lowest BCUT2D eigenvalue weighted by atomic mass is 10.1. The van der Waals surface area contributed by atoms with E-state index in [1.165, 1.54) is 23.2 Å². The van der Waals surface area contributed by atoms with E-state index in [0.29, 0.717) is 12.1 Å². The molecular weight excluding hydrogens is 200 g/mol. The van der Waals surface area contributed by atoms with Crippen LogP contribution in [0.2, 0.25) is 0 Å². The van der Waals surface area contributed by atoms with Crippen LogP contribution in [0, 0.1) is 0 Å². The molecule has 0 aliphatic carbocycles. The molecule has 16 heavy (non-hydrogen) atoms. The fraction of sp³-hybridized carbons (Fsp3) is 0.538. The van der Waals surface area contributed by atoms with E-state index in [0.717, 1.165) is 26.2 Å².